The molecule has 0 bridgehead atoms. The largest absolute Gasteiger partial charge is 0.493 e. The second kappa shape index (κ2) is 9.61. The first kappa shape index (κ1) is 19.5. The molecule has 2 rings (SSSR count). The molecule has 0 spiro atoms. The van der Waals surface area contributed by atoms with Crippen LogP contribution >= 0.6 is 0 Å². The molecule has 138 valence electrons. The Morgan fingerprint density at radius 3 is 2.38 bits per heavy atom. The second-order valence-corrected chi connectivity index (χ2v) is 6.46. The van der Waals surface area contributed by atoms with Crippen molar-refractivity contribution in [2.45, 2.75) is 33.6 Å². The van der Waals surface area contributed by atoms with Crippen molar-refractivity contribution in [1.82, 2.24) is 0 Å². The lowest BCUT2D eigenvalue weighted by molar-refractivity contribution is -0.115. The molecule has 0 aliphatic rings. The lowest BCUT2D eigenvalue weighted by atomic mass is 10.1. The van der Waals surface area contributed by atoms with E-state index in [9.17, 15) is 9.59 Å². The van der Waals surface area contributed by atoms with E-state index in [0.29, 0.717) is 41.6 Å². The summed E-state index contributed by atoms with van der Waals surface area (Å²) < 4.78 is 5.78. The van der Waals surface area contributed by atoms with Crippen molar-refractivity contribution in [2.24, 2.45) is 5.92 Å². The summed E-state index contributed by atoms with van der Waals surface area (Å²) in [5, 5.41) is 5.64. The van der Waals surface area contributed by atoms with E-state index in [-0.39, 0.29) is 11.8 Å². The monoisotopic (exact) mass is 354 g/mol. The lowest BCUT2D eigenvalue weighted by Crippen LogP contribution is -2.15. The van der Waals surface area contributed by atoms with Gasteiger partial charge >= 0.3 is 0 Å². The number of ether oxygens (including phenoxy) is 1. The van der Waals surface area contributed by atoms with Gasteiger partial charge in [0.15, 0.2) is 0 Å². The van der Waals surface area contributed by atoms with Gasteiger partial charge in [0.1, 0.15) is 5.75 Å². The van der Waals surface area contributed by atoms with E-state index >= 15 is 0 Å². The molecule has 0 unspecified atom stereocenters. The van der Waals surface area contributed by atoms with Gasteiger partial charge in [-0.1, -0.05) is 39.0 Å². The Labute approximate surface area is 154 Å². The Balaban J connectivity index is 2.08. The summed E-state index contributed by atoms with van der Waals surface area (Å²) in [6.07, 6.45) is 1.33. The van der Waals surface area contributed by atoms with Crippen LogP contribution in [0.4, 0.5) is 11.4 Å². The smallest absolute Gasteiger partial charge is 0.259 e. The molecule has 26 heavy (non-hydrogen) atoms. The number of benzene rings is 2. The van der Waals surface area contributed by atoms with Crippen LogP contribution in [0.5, 0.6) is 5.75 Å². The van der Waals surface area contributed by atoms with Crippen molar-refractivity contribution in [1.29, 1.82) is 0 Å². The molecule has 5 nitrogen and oxygen atoms in total. The molecule has 0 aromatic heterocycles. The van der Waals surface area contributed by atoms with Gasteiger partial charge in [-0.25, -0.2) is 0 Å². The number of rotatable bonds is 8. The molecular formula is C21H26N2O3. The van der Waals surface area contributed by atoms with Crippen LogP contribution in [0.2, 0.25) is 0 Å². The Hall–Kier alpha value is -2.82. The zero-order chi connectivity index (χ0) is 18.9. The molecule has 0 radical (unpaired) electrons. The van der Waals surface area contributed by atoms with E-state index < -0.39 is 0 Å². The SMILES string of the molecule is CCC(=O)Nc1cccc(NC(=O)c2ccccc2OCCC(C)C)c1. The van der Waals surface area contributed by atoms with Crippen molar-refractivity contribution in [2.75, 3.05) is 17.2 Å². The van der Waals surface area contributed by atoms with Crippen LogP contribution in [-0.2, 0) is 4.79 Å². The average molecular weight is 354 g/mol. The topological polar surface area (TPSA) is 67.4 Å². The average Bonchev–Trinajstić information content (AvgIpc) is 2.62. The molecular weight excluding hydrogens is 328 g/mol. The molecule has 0 saturated carbocycles. The number of nitrogens with one attached hydrogen (secondary N) is 2. The Morgan fingerprint density at radius 2 is 1.69 bits per heavy atom. The third kappa shape index (κ3) is 5.92. The van der Waals surface area contributed by atoms with Gasteiger partial charge in [-0.15, -0.1) is 0 Å². The fourth-order valence-electron chi connectivity index (χ4n) is 2.31. The van der Waals surface area contributed by atoms with E-state index in [0.717, 1.165) is 6.42 Å². The lowest BCUT2D eigenvalue weighted by Gasteiger charge is -2.13. The van der Waals surface area contributed by atoms with E-state index in [1.807, 2.05) is 12.1 Å². The van der Waals surface area contributed by atoms with E-state index in [4.69, 9.17) is 4.74 Å². The summed E-state index contributed by atoms with van der Waals surface area (Å²) in [7, 11) is 0. The summed E-state index contributed by atoms with van der Waals surface area (Å²) in [5.41, 5.74) is 1.75. The van der Waals surface area contributed by atoms with Crippen molar-refractivity contribution in [3.8, 4) is 5.75 Å². The Kier molecular flexibility index (Phi) is 7.21. The number of hydrogen-bond acceptors (Lipinski definition) is 3. The number of carbonyl (C=O) groups is 2. The second-order valence-electron chi connectivity index (χ2n) is 6.46. The highest BCUT2D eigenvalue weighted by Gasteiger charge is 2.13. The first-order valence-corrected chi connectivity index (χ1v) is 8.92. The van der Waals surface area contributed by atoms with E-state index in [2.05, 4.69) is 24.5 Å². The number of amides is 2. The van der Waals surface area contributed by atoms with Crippen LogP contribution in [-0.4, -0.2) is 18.4 Å². The van der Waals surface area contributed by atoms with Crippen molar-refractivity contribution in [3.05, 3.63) is 54.1 Å². The predicted octanol–water partition coefficient (Wildman–Crippen LogP) is 4.71. The minimum absolute atomic E-state index is 0.0719. The molecule has 0 aliphatic heterocycles. The summed E-state index contributed by atoms with van der Waals surface area (Å²) in [5.74, 6) is 0.791. The fraction of sp³-hybridized carbons (Fsp3) is 0.333. The quantitative estimate of drug-likeness (QED) is 0.721. The molecule has 0 aliphatic carbocycles. The molecule has 2 aromatic rings. The third-order valence-corrected chi connectivity index (χ3v) is 3.81. The van der Waals surface area contributed by atoms with Crippen LogP contribution < -0.4 is 15.4 Å². The maximum absolute atomic E-state index is 12.6. The van der Waals surface area contributed by atoms with Crippen LogP contribution in [0, 0.1) is 5.92 Å². The van der Waals surface area contributed by atoms with Gasteiger partial charge in [-0.3, -0.25) is 9.59 Å². The standard InChI is InChI=1S/C21H26N2O3/c1-4-20(24)22-16-8-7-9-17(14-16)23-21(25)18-10-5-6-11-19(18)26-13-12-15(2)3/h5-11,14-15H,4,12-13H2,1-3H3,(H,22,24)(H,23,25). The Morgan fingerprint density at radius 1 is 1.00 bits per heavy atom. The minimum Gasteiger partial charge on any atom is -0.493 e. The highest BCUT2D eigenvalue weighted by atomic mass is 16.5. The number of hydrogen-bond donors (Lipinski definition) is 2. The van der Waals surface area contributed by atoms with Gasteiger partial charge in [0.25, 0.3) is 5.91 Å². The van der Waals surface area contributed by atoms with Gasteiger partial charge < -0.3 is 15.4 Å². The molecule has 5 heteroatoms. The van der Waals surface area contributed by atoms with Crippen molar-refractivity contribution in [3.63, 3.8) is 0 Å². The van der Waals surface area contributed by atoms with Gasteiger partial charge in [0, 0.05) is 17.8 Å². The maximum atomic E-state index is 12.6. The molecule has 0 fully saturated rings. The first-order valence-electron chi connectivity index (χ1n) is 8.92. The maximum Gasteiger partial charge on any atom is 0.259 e. The number of anilines is 2. The summed E-state index contributed by atoms with van der Waals surface area (Å²) in [6.45, 7) is 6.62. The zero-order valence-electron chi connectivity index (χ0n) is 15.5. The predicted molar refractivity (Wildman–Crippen MR) is 105 cm³/mol. The fourth-order valence-corrected chi connectivity index (χ4v) is 2.31. The zero-order valence-corrected chi connectivity index (χ0v) is 15.5. The third-order valence-electron chi connectivity index (χ3n) is 3.81. The normalized spacial score (nSPS) is 10.5. The minimum atomic E-state index is -0.246. The van der Waals surface area contributed by atoms with Crippen LogP contribution in [0.3, 0.4) is 0 Å². The van der Waals surface area contributed by atoms with Crippen LogP contribution in [0.1, 0.15) is 44.0 Å². The van der Waals surface area contributed by atoms with Crippen molar-refractivity contribution < 1.29 is 14.3 Å². The first-order chi connectivity index (χ1) is 12.5. The number of carbonyl (C=O) groups excluding carboxylic acids is 2. The molecule has 0 saturated heterocycles. The highest BCUT2D eigenvalue weighted by molar-refractivity contribution is 6.06. The van der Waals surface area contributed by atoms with Gasteiger partial charge in [0.05, 0.1) is 12.2 Å². The van der Waals surface area contributed by atoms with Gasteiger partial charge in [-0.2, -0.15) is 0 Å². The van der Waals surface area contributed by atoms with E-state index in [1.54, 1.807) is 43.3 Å². The molecule has 0 heterocycles. The number of para-hydroxylation sites is 1. The van der Waals surface area contributed by atoms with Crippen LogP contribution in [0.15, 0.2) is 48.5 Å². The molecule has 2 amide bonds. The van der Waals surface area contributed by atoms with Crippen LogP contribution in [0.25, 0.3) is 0 Å². The van der Waals surface area contributed by atoms with Gasteiger partial charge in [-0.05, 0) is 42.7 Å². The molecule has 2 N–H and O–H groups in total. The summed E-state index contributed by atoms with van der Waals surface area (Å²) in [4.78, 5) is 24.2. The van der Waals surface area contributed by atoms with Crippen molar-refractivity contribution >= 4 is 23.2 Å². The molecule has 0 atom stereocenters. The van der Waals surface area contributed by atoms with Gasteiger partial charge in [0.2, 0.25) is 5.91 Å². The summed E-state index contributed by atoms with van der Waals surface area (Å²) >= 11 is 0. The molecule has 2 aromatic carbocycles. The van der Waals surface area contributed by atoms with E-state index in [1.165, 1.54) is 0 Å². The highest BCUT2D eigenvalue weighted by Crippen LogP contribution is 2.22. The Bertz CT molecular complexity index is 756. The summed E-state index contributed by atoms with van der Waals surface area (Å²) in [6, 6.07) is 14.3.